The summed E-state index contributed by atoms with van der Waals surface area (Å²) >= 11 is 0. The number of ketones is 1. The highest BCUT2D eigenvalue weighted by atomic mass is 16.7. The minimum atomic E-state index is -1.48. The molecule has 31 heavy (non-hydrogen) atoms. The molecule has 1 aliphatic rings. The van der Waals surface area contributed by atoms with E-state index in [9.17, 15) is 9.59 Å². The lowest BCUT2D eigenvalue weighted by molar-refractivity contribution is -0.167. The molecule has 0 unspecified atom stereocenters. The summed E-state index contributed by atoms with van der Waals surface area (Å²) in [6.07, 6.45) is 0. The standard InChI is InChI=1S/C25H22O6/c1-2-31-25(19-9-5-3-6-10-19,20-11-7-4-8-12-20)24(27)28-16-21(26)18-13-14-22-23(15-18)30-17-29-22/h3-15H,2,16-17H2,1H3. The topological polar surface area (TPSA) is 71.1 Å². The van der Waals surface area contributed by atoms with Gasteiger partial charge in [-0.05, 0) is 36.2 Å². The van der Waals surface area contributed by atoms with Crippen LogP contribution in [0.25, 0.3) is 0 Å². The van der Waals surface area contributed by atoms with Crippen LogP contribution in [0.15, 0.2) is 78.9 Å². The van der Waals surface area contributed by atoms with E-state index in [-0.39, 0.29) is 19.2 Å². The molecule has 1 heterocycles. The van der Waals surface area contributed by atoms with Gasteiger partial charge in [0, 0.05) is 12.2 Å². The van der Waals surface area contributed by atoms with Gasteiger partial charge in [-0.2, -0.15) is 0 Å². The van der Waals surface area contributed by atoms with Gasteiger partial charge in [0.15, 0.2) is 23.9 Å². The molecule has 0 radical (unpaired) electrons. The SMILES string of the molecule is CCOC(C(=O)OCC(=O)c1ccc2c(c1)OCO2)(c1ccccc1)c1ccccc1. The van der Waals surface area contributed by atoms with Gasteiger partial charge in [-0.1, -0.05) is 60.7 Å². The number of carbonyl (C=O) groups excluding carboxylic acids is 2. The average Bonchev–Trinajstić information content (AvgIpc) is 3.30. The van der Waals surface area contributed by atoms with Crippen molar-refractivity contribution in [3.63, 3.8) is 0 Å². The molecule has 0 spiro atoms. The Morgan fingerprint density at radius 2 is 1.48 bits per heavy atom. The van der Waals surface area contributed by atoms with Crippen LogP contribution >= 0.6 is 0 Å². The molecule has 0 N–H and O–H groups in total. The van der Waals surface area contributed by atoms with Crippen LogP contribution in [-0.2, 0) is 19.9 Å². The van der Waals surface area contributed by atoms with E-state index in [2.05, 4.69) is 0 Å². The summed E-state index contributed by atoms with van der Waals surface area (Å²) in [4.78, 5) is 26.1. The molecule has 3 aromatic carbocycles. The van der Waals surface area contributed by atoms with Gasteiger partial charge >= 0.3 is 5.97 Å². The van der Waals surface area contributed by atoms with Crippen molar-refractivity contribution >= 4 is 11.8 Å². The zero-order valence-electron chi connectivity index (χ0n) is 17.1. The highest BCUT2D eigenvalue weighted by Crippen LogP contribution is 2.36. The molecule has 0 aromatic heterocycles. The largest absolute Gasteiger partial charge is 0.455 e. The Hall–Kier alpha value is -3.64. The van der Waals surface area contributed by atoms with Gasteiger partial charge in [-0.15, -0.1) is 0 Å². The van der Waals surface area contributed by atoms with E-state index in [4.69, 9.17) is 18.9 Å². The van der Waals surface area contributed by atoms with Gasteiger partial charge in [-0.3, -0.25) is 4.79 Å². The second kappa shape index (κ2) is 9.02. The normalized spacial score (nSPS) is 12.4. The lowest BCUT2D eigenvalue weighted by Gasteiger charge is -2.32. The minimum absolute atomic E-state index is 0.118. The first kappa shape index (κ1) is 20.6. The number of fused-ring (bicyclic) bond motifs is 1. The van der Waals surface area contributed by atoms with E-state index >= 15 is 0 Å². The molecule has 0 fully saturated rings. The summed E-state index contributed by atoms with van der Waals surface area (Å²) in [5.74, 6) is 0.0745. The van der Waals surface area contributed by atoms with Gasteiger partial charge < -0.3 is 18.9 Å². The molecule has 6 nitrogen and oxygen atoms in total. The van der Waals surface area contributed by atoms with E-state index < -0.39 is 18.2 Å². The average molecular weight is 418 g/mol. The second-order valence-corrected chi connectivity index (χ2v) is 6.91. The Labute approximate surface area is 180 Å². The number of carbonyl (C=O) groups is 2. The number of benzene rings is 3. The summed E-state index contributed by atoms with van der Waals surface area (Å²) < 4.78 is 22.1. The van der Waals surface area contributed by atoms with Crippen LogP contribution in [0.3, 0.4) is 0 Å². The van der Waals surface area contributed by atoms with Gasteiger partial charge in [0.2, 0.25) is 12.4 Å². The number of Topliss-reactive ketones (excluding diaryl/α,β-unsaturated/α-hetero) is 1. The monoisotopic (exact) mass is 418 g/mol. The first-order valence-corrected chi connectivity index (χ1v) is 10.00. The maximum absolute atomic E-state index is 13.4. The van der Waals surface area contributed by atoms with E-state index in [1.54, 1.807) is 18.2 Å². The summed E-state index contributed by atoms with van der Waals surface area (Å²) in [5.41, 5.74) is 0.150. The molecule has 0 aliphatic carbocycles. The molecule has 0 bridgehead atoms. The Balaban J connectivity index is 1.61. The first-order valence-electron chi connectivity index (χ1n) is 10.00. The van der Waals surface area contributed by atoms with Crippen molar-refractivity contribution in [3.8, 4) is 11.5 Å². The van der Waals surface area contributed by atoms with Gasteiger partial charge in [0.25, 0.3) is 0 Å². The number of hydrogen-bond donors (Lipinski definition) is 0. The van der Waals surface area contributed by atoms with Crippen LogP contribution < -0.4 is 9.47 Å². The highest BCUT2D eigenvalue weighted by molar-refractivity contribution is 5.99. The minimum Gasteiger partial charge on any atom is -0.455 e. The van der Waals surface area contributed by atoms with Gasteiger partial charge in [0.1, 0.15) is 0 Å². The lowest BCUT2D eigenvalue weighted by Crippen LogP contribution is -2.42. The molecule has 1 aliphatic heterocycles. The highest BCUT2D eigenvalue weighted by Gasteiger charge is 2.45. The third-order valence-corrected chi connectivity index (χ3v) is 5.04. The fourth-order valence-electron chi connectivity index (χ4n) is 3.58. The Morgan fingerprint density at radius 3 is 2.10 bits per heavy atom. The quantitative estimate of drug-likeness (QED) is 0.405. The fourth-order valence-corrected chi connectivity index (χ4v) is 3.58. The fraction of sp³-hybridized carbons (Fsp3) is 0.200. The maximum atomic E-state index is 13.4. The smallest absolute Gasteiger partial charge is 0.348 e. The first-order chi connectivity index (χ1) is 15.1. The van der Waals surface area contributed by atoms with Crippen LogP contribution in [0.4, 0.5) is 0 Å². The van der Waals surface area contributed by atoms with Crippen LogP contribution in [0.5, 0.6) is 11.5 Å². The van der Waals surface area contributed by atoms with E-state index in [0.717, 1.165) is 0 Å². The predicted molar refractivity (Wildman–Crippen MR) is 113 cm³/mol. The van der Waals surface area contributed by atoms with Crippen LogP contribution in [0, 0.1) is 0 Å². The zero-order chi connectivity index (χ0) is 21.7. The molecule has 4 rings (SSSR count). The van der Waals surface area contributed by atoms with E-state index in [1.165, 1.54) is 0 Å². The van der Waals surface area contributed by atoms with Crippen molar-refractivity contribution in [2.45, 2.75) is 12.5 Å². The van der Waals surface area contributed by atoms with Crippen molar-refractivity contribution in [2.75, 3.05) is 20.0 Å². The number of hydrogen-bond acceptors (Lipinski definition) is 6. The number of esters is 1. The molecule has 3 aromatic rings. The molecule has 0 amide bonds. The maximum Gasteiger partial charge on any atom is 0.348 e. The molecule has 158 valence electrons. The van der Waals surface area contributed by atoms with E-state index in [0.29, 0.717) is 28.2 Å². The Kier molecular flexibility index (Phi) is 6.00. The molecule has 0 saturated carbocycles. The van der Waals surface area contributed by atoms with E-state index in [1.807, 2.05) is 67.6 Å². The number of rotatable bonds is 8. The third-order valence-electron chi connectivity index (χ3n) is 5.04. The van der Waals surface area contributed by atoms with Gasteiger partial charge in [-0.25, -0.2) is 4.79 Å². The van der Waals surface area contributed by atoms with Crippen LogP contribution in [-0.4, -0.2) is 31.8 Å². The summed E-state index contributed by atoms with van der Waals surface area (Å²) in [6, 6.07) is 23.1. The molecule has 0 atom stereocenters. The zero-order valence-corrected chi connectivity index (χ0v) is 17.1. The van der Waals surface area contributed by atoms with Gasteiger partial charge in [0.05, 0.1) is 0 Å². The van der Waals surface area contributed by atoms with Crippen molar-refractivity contribution in [1.29, 1.82) is 0 Å². The molecule has 0 saturated heterocycles. The van der Waals surface area contributed by atoms with Crippen molar-refractivity contribution in [2.24, 2.45) is 0 Å². The second-order valence-electron chi connectivity index (χ2n) is 6.91. The lowest BCUT2D eigenvalue weighted by atomic mass is 9.86. The summed E-state index contributed by atoms with van der Waals surface area (Å²) in [5, 5.41) is 0. The third kappa shape index (κ3) is 4.02. The van der Waals surface area contributed by atoms with Crippen molar-refractivity contribution < 1.29 is 28.5 Å². The summed E-state index contributed by atoms with van der Waals surface area (Å²) in [6.45, 7) is 1.78. The Morgan fingerprint density at radius 1 is 0.871 bits per heavy atom. The summed E-state index contributed by atoms with van der Waals surface area (Å²) in [7, 11) is 0. The Bertz CT molecular complexity index is 1020. The predicted octanol–water partition coefficient (Wildman–Crippen LogP) is 4.12. The van der Waals surface area contributed by atoms with Crippen LogP contribution in [0.2, 0.25) is 0 Å². The van der Waals surface area contributed by atoms with Crippen molar-refractivity contribution in [3.05, 3.63) is 95.6 Å². The molecule has 6 heteroatoms. The van der Waals surface area contributed by atoms with Crippen LogP contribution in [0.1, 0.15) is 28.4 Å². The van der Waals surface area contributed by atoms with Crippen molar-refractivity contribution in [1.82, 2.24) is 0 Å². The molecular weight excluding hydrogens is 396 g/mol. The molecular formula is C25H22O6. The number of ether oxygens (including phenoxy) is 4.